The number of nitrogens with one attached hydrogen (secondary N) is 2. The molecule has 5 nitrogen and oxygen atoms in total. The zero-order valence-electron chi connectivity index (χ0n) is 17.4. The Hall–Kier alpha value is -1.02. The van der Waals surface area contributed by atoms with Crippen LogP contribution in [0.15, 0.2) is 23.2 Å². The van der Waals surface area contributed by atoms with Crippen LogP contribution in [0, 0.1) is 12.3 Å². The molecule has 1 aliphatic carbocycles. The van der Waals surface area contributed by atoms with Crippen molar-refractivity contribution in [3.05, 3.63) is 29.3 Å². The topological polar surface area (TPSA) is 54.9 Å². The Kier molecular flexibility index (Phi) is 10.4. The standard InChI is InChI=1S/C21H35N3O2.HI/c1-6-22-20(24-15-21(9-10-21)11-12-25-5)23-14-18-8-7-17(4)13-19(18)26-16(2)3;/h7-8,13,16H,6,9-12,14-15H2,1-5H3,(H2,22,23,24);1H. The third-order valence-corrected chi connectivity index (χ3v) is 4.76. The lowest BCUT2D eigenvalue weighted by molar-refractivity contribution is 0.172. The summed E-state index contributed by atoms with van der Waals surface area (Å²) >= 11 is 0. The van der Waals surface area contributed by atoms with Gasteiger partial charge in [0, 0.05) is 32.4 Å². The summed E-state index contributed by atoms with van der Waals surface area (Å²) in [5, 5.41) is 6.86. The number of nitrogens with zero attached hydrogens (tertiary/aromatic N) is 1. The summed E-state index contributed by atoms with van der Waals surface area (Å²) in [6.07, 6.45) is 3.81. The first-order valence-electron chi connectivity index (χ1n) is 9.75. The molecule has 0 aliphatic heterocycles. The fourth-order valence-electron chi connectivity index (χ4n) is 2.94. The van der Waals surface area contributed by atoms with Crippen LogP contribution in [0.5, 0.6) is 5.75 Å². The lowest BCUT2D eigenvalue weighted by Crippen LogP contribution is -2.40. The number of guanidine groups is 1. The van der Waals surface area contributed by atoms with E-state index in [1.165, 1.54) is 18.4 Å². The van der Waals surface area contributed by atoms with Crippen molar-refractivity contribution >= 4 is 29.9 Å². The summed E-state index contributed by atoms with van der Waals surface area (Å²) in [5.74, 6) is 1.80. The van der Waals surface area contributed by atoms with E-state index in [2.05, 4.69) is 56.5 Å². The Morgan fingerprint density at radius 2 is 2.00 bits per heavy atom. The van der Waals surface area contributed by atoms with Gasteiger partial charge >= 0.3 is 0 Å². The van der Waals surface area contributed by atoms with Crippen LogP contribution in [0.3, 0.4) is 0 Å². The molecule has 1 aromatic carbocycles. The Morgan fingerprint density at radius 3 is 2.59 bits per heavy atom. The van der Waals surface area contributed by atoms with Gasteiger partial charge in [0.25, 0.3) is 0 Å². The second-order valence-electron chi connectivity index (χ2n) is 7.57. The summed E-state index contributed by atoms with van der Waals surface area (Å²) < 4.78 is 11.2. The van der Waals surface area contributed by atoms with Crippen molar-refractivity contribution < 1.29 is 9.47 Å². The van der Waals surface area contributed by atoms with Gasteiger partial charge in [-0.05, 0) is 64.0 Å². The average Bonchev–Trinajstić information content (AvgIpc) is 3.37. The van der Waals surface area contributed by atoms with E-state index in [0.29, 0.717) is 12.0 Å². The van der Waals surface area contributed by atoms with Gasteiger partial charge in [0.15, 0.2) is 5.96 Å². The molecule has 2 N–H and O–H groups in total. The van der Waals surface area contributed by atoms with Crippen molar-refractivity contribution in [2.75, 3.05) is 26.8 Å². The third-order valence-electron chi connectivity index (χ3n) is 4.76. The molecule has 0 atom stereocenters. The molecule has 0 aromatic heterocycles. The largest absolute Gasteiger partial charge is 0.491 e. The molecular weight excluding hydrogens is 453 g/mol. The van der Waals surface area contributed by atoms with Crippen LogP contribution in [0.2, 0.25) is 0 Å². The zero-order chi connectivity index (χ0) is 19.0. The highest BCUT2D eigenvalue weighted by atomic mass is 127. The Bertz CT molecular complexity index is 601. The molecule has 2 rings (SSSR count). The Labute approximate surface area is 181 Å². The number of rotatable bonds is 10. The van der Waals surface area contributed by atoms with Gasteiger partial charge in [0.05, 0.1) is 12.6 Å². The summed E-state index contributed by atoms with van der Waals surface area (Å²) in [4.78, 5) is 4.78. The molecule has 0 saturated heterocycles. The van der Waals surface area contributed by atoms with E-state index in [-0.39, 0.29) is 30.1 Å². The van der Waals surface area contributed by atoms with Crippen molar-refractivity contribution in [2.45, 2.75) is 59.6 Å². The monoisotopic (exact) mass is 489 g/mol. The fourth-order valence-corrected chi connectivity index (χ4v) is 2.94. The van der Waals surface area contributed by atoms with Gasteiger partial charge < -0.3 is 20.1 Å². The first-order chi connectivity index (χ1) is 12.5. The van der Waals surface area contributed by atoms with Crippen molar-refractivity contribution in [1.82, 2.24) is 10.6 Å². The minimum atomic E-state index is 0. The molecule has 0 amide bonds. The smallest absolute Gasteiger partial charge is 0.191 e. The van der Waals surface area contributed by atoms with Gasteiger partial charge in [-0.1, -0.05) is 12.1 Å². The summed E-state index contributed by atoms with van der Waals surface area (Å²) in [5.41, 5.74) is 2.70. The highest BCUT2D eigenvalue weighted by Crippen LogP contribution is 2.48. The lowest BCUT2D eigenvalue weighted by Gasteiger charge is -2.18. The molecule has 6 heteroatoms. The van der Waals surface area contributed by atoms with E-state index in [9.17, 15) is 0 Å². The van der Waals surface area contributed by atoms with Gasteiger partial charge in [0.1, 0.15) is 5.75 Å². The van der Waals surface area contributed by atoms with Crippen LogP contribution in [0.1, 0.15) is 51.2 Å². The average molecular weight is 489 g/mol. The predicted molar refractivity (Wildman–Crippen MR) is 123 cm³/mol. The number of halogens is 1. The van der Waals surface area contributed by atoms with Gasteiger partial charge in [-0.15, -0.1) is 24.0 Å². The SMILES string of the molecule is CCNC(=NCc1ccc(C)cc1OC(C)C)NCC1(CCOC)CC1.I. The summed E-state index contributed by atoms with van der Waals surface area (Å²) in [7, 11) is 1.77. The van der Waals surface area contributed by atoms with Crippen molar-refractivity contribution in [3.63, 3.8) is 0 Å². The second-order valence-corrected chi connectivity index (χ2v) is 7.57. The van der Waals surface area contributed by atoms with Crippen LogP contribution in [0.25, 0.3) is 0 Å². The maximum absolute atomic E-state index is 5.96. The maximum atomic E-state index is 5.96. The van der Waals surface area contributed by atoms with E-state index in [4.69, 9.17) is 14.5 Å². The number of ether oxygens (including phenoxy) is 2. The third kappa shape index (κ3) is 8.25. The van der Waals surface area contributed by atoms with Crippen LogP contribution in [-0.2, 0) is 11.3 Å². The van der Waals surface area contributed by atoms with Crippen molar-refractivity contribution in [3.8, 4) is 5.75 Å². The fraction of sp³-hybridized carbons (Fsp3) is 0.667. The molecule has 1 aliphatic rings. The first-order valence-corrected chi connectivity index (χ1v) is 9.75. The van der Waals surface area contributed by atoms with Crippen molar-refractivity contribution in [1.29, 1.82) is 0 Å². The number of aryl methyl sites for hydroxylation is 1. The van der Waals surface area contributed by atoms with E-state index in [0.717, 1.165) is 43.4 Å². The van der Waals surface area contributed by atoms with Crippen LogP contribution in [0.4, 0.5) is 0 Å². The van der Waals surface area contributed by atoms with E-state index >= 15 is 0 Å². The number of aliphatic imine (C=N–C) groups is 1. The lowest BCUT2D eigenvalue weighted by atomic mass is 10.0. The van der Waals surface area contributed by atoms with Gasteiger partial charge in [-0.25, -0.2) is 4.99 Å². The van der Waals surface area contributed by atoms with Crippen LogP contribution < -0.4 is 15.4 Å². The normalized spacial score (nSPS) is 15.3. The van der Waals surface area contributed by atoms with Crippen molar-refractivity contribution in [2.24, 2.45) is 10.4 Å². The number of hydrogen-bond donors (Lipinski definition) is 2. The first kappa shape index (κ1) is 24.0. The molecule has 0 unspecified atom stereocenters. The predicted octanol–water partition coefficient (Wildman–Crippen LogP) is 4.27. The van der Waals surface area contributed by atoms with E-state index < -0.39 is 0 Å². The molecule has 0 bridgehead atoms. The minimum Gasteiger partial charge on any atom is -0.491 e. The Morgan fingerprint density at radius 1 is 1.26 bits per heavy atom. The highest BCUT2D eigenvalue weighted by molar-refractivity contribution is 14.0. The van der Waals surface area contributed by atoms with Gasteiger partial charge in [0.2, 0.25) is 0 Å². The molecule has 1 fully saturated rings. The summed E-state index contributed by atoms with van der Waals surface area (Å²) in [6.45, 7) is 11.5. The molecule has 0 spiro atoms. The van der Waals surface area contributed by atoms with Crippen LogP contribution in [-0.4, -0.2) is 38.9 Å². The number of methoxy groups -OCH3 is 1. The molecular formula is C21H36IN3O2. The molecule has 154 valence electrons. The molecule has 0 radical (unpaired) electrons. The quantitative estimate of drug-likeness (QED) is 0.293. The van der Waals surface area contributed by atoms with Crippen LogP contribution >= 0.6 is 24.0 Å². The maximum Gasteiger partial charge on any atom is 0.191 e. The molecule has 0 heterocycles. The molecule has 27 heavy (non-hydrogen) atoms. The summed E-state index contributed by atoms with van der Waals surface area (Å²) in [6, 6.07) is 6.32. The number of benzene rings is 1. The zero-order valence-corrected chi connectivity index (χ0v) is 19.8. The number of hydrogen-bond acceptors (Lipinski definition) is 3. The Balaban J connectivity index is 0.00000364. The van der Waals surface area contributed by atoms with Gasteiger partial charge in [-0.2, -0.15) is 0 Å². The minimum absolute atomic E-state index is 0. The van der Waals surface area contributed by atoms with Gasteiger partial charge in [-0.3, -0.25) is 0 Å². The second kappa shape index (κ2) is 11.7. The molecule has 1 aromatic rings. The van der Waals surface area contributed by atoms with E-state index in [1.807, 2.05) is 0 Å². The highest BCUT2D eigenvalue weighted by Gasteiger charge is 2.41. The van der Waals surface area contributed by atoms with E-state index in [1.54, 1.807) is 7.11 Å². The molecule has 1 saturated carbocycles.